The fourth-order valence-corrected chi connectivity index (χ4v) is 2.63. The molecule has 2 N–H and O–H groups in total. The highest BCUT2D eigenvalue weighted by molar-refractivity contribution is 5.89. The van der Waals surface area contributed by atoms with Crippen LogP contribution in [0.25, 0.3) is 0 Å². The molecular formula is C18H27N3O4. The van der Waals surface area contributed by atoms with Crippen molar-refractivity contribution in [1.82, 2.24) is 10.2 Å². The molecule has 0 spiro atoms. The first kappa shape index (κ1) is 18.9. The molecule has 138 valence electrons. The lowest BCUT2D eigenvalue weighted by molar-refractivity contribution is 0.0480. The van der Waals surface area contributed by atoms with E-state index in [0.29, 0.717) is 18.8 Å². The molecule has 7 nitrogen and oxygen atoms in total. The number of urea groups is 1. The standard InChI is InChI=1S/C18H27N3O4/c1-18(2,3)25-17(23)20-14-6-5-11-21(12-14)16(22)19-13-7-9-15(24-4)10-8-13/h7-10,14H,5-6,11-12H2,1-4H3,(H,19,22)(H,20,23). The Bertz CT molecular complexity index is 595. The highest BCUT2D eigenvalue weighted by Gasteiger charge is 2.26. The number of carbonyl (C=O) groups is 2. The quantitative estimate of drug-likeness (QED) is 0.878. The molecule has 1 aromatic rings. The van der Waals surface area contributed by atoms with E-state index in [9.17, 15) is 9.59 Å². The monoisotopic (exact) mass is 349 g/mol. The molecule has 1 aromatic carbocycles. The SMILES string of the molecule is COc1ccc(NC(=O)N2CCCC(NC(=O)OC(C)(C)C)C2)cc1. The molecule has 25 heavy (non-hydrogen) atoms. The van der Waals surface area contributed by atoms with Gasteiger partial charge in [-0.15, -0.1) is 0 Å². The van der Waals surface area contributed by atoms with Crippen molar-refractivity contribution < 1.29 is 19.1 Å². The number of rotatable bonds is 3. The van der Waals surface area contributed by atoms with Gasteiger partial charge < -0.3 is 25.0 Å². The minimum atomic E-state index is -0.538. The van der Waals surface area contributed by atoms with Crippen LogP contribution in [0.5, 0.6) is 5.75 Å². The summed E-state index contributed by atoms with van der Waals surface area (Å²) in [6.07, 6.45) is 1.21. The summed E-state index contributed by atoms with van der Waals surface area (Å²) < 4.78 is 10.4. The van der Waals surface area contributed by atoms with Gasteiger partial charge in [0, 0.05) is 24.8 Å². The largest absolute Gasteiger partial charge is 0.497 e. The first-order chi connectivity index (χ1) is 11.8. The normalized spacial score (nSPS) is 17.6. The predicted molar refractivity (Wildman–Crippen MR) is 96.0 cm³/mol. The lowest BCUT2D eigenvalue weighted by Crippen LogP contribution is -2.51. The van der Waals surface area contributed by atoms with Gasteiger partial charge in [0.15, 0.2) is 0 Å². The van der Waals surface area contributed by atoms with Crippen molar-refractivity contribution in [3.63, 3.8) is 0 Å². The van der Waals surface area contributed by atoms with E-state index in [1.54, 1.807) is 36.3 Å². The number of amides is 3. The zero-order chi connectivity index (χ0) is 18.4. The molecule has 0 aliphatic carbocycles. The molecule has 1 unspecified atom stereocenters. The Balaban J connectivity index is 1.86. The van der Waals surface area contributed by atoms with Crippen molar-refractivity contribution in [1.29, 1.82) is 0 Å². The van der Waals surface area contributed by atoms with Crippen molar-refractivity contribution >= 4 is 17.8 Å². The molecule has 2 rings (SSSR count). The fraction of sp³-hybridized carbons (Fsp3) is 0.556. The van der Waals surface area contributed by atoms with Crippen LogP contribution < -0.4 is 15.4 Å². The van der Waals surface area contributed by atoms with Crippen LogP contribution >= 0.6 is 0 Å². The van der Waals surface area contributed by atoms with E-state index in [2.05, 4.69) is 10.6 Å². The highest BCUT2D eigenvalue weighted by atomic mass is 16.6. The van der Waals surface area contributed by atoms with E-state index in [1.165, 1.54) is 0 Å². The first-order valence-electron chi connectivity index (χ1n) is 8.46. The summed E-state index contributed by atoms with van der Waals surface area (Å²) in [7, 11) is 1.60. The van der Waals surface area contributed by atoms with Gasteiger partial charge in [-0.3, -0.25) is 0 Å². The van der Waals surface area contributed by atoms with Crippen LogP contribution in [0.4, 0.5) is 15.3 Å². The Morgan fingerprint density at radius 2 is 1.88 bits per heavy atom. The summed E-state index contributed by atoms with van der Waals surface area (Å²) in [6.45, 7) is 6.59. The second-order valence-electron chi connectivity index (χ2n) is 7.09. The summed E-state index contributed by atoms with van der Waals surface area (Å²) in [5.74, 6) is 0.734. The molecule has 0 radical (unpaired) electrons. The van der Waals surface area contributed by atoms with Gasteiger partial charge in [0.05, 0.1) is 7.11 Å². The lowest BCUT2D eigenvalue weighted by atomic mass is 10.1. The molecule has 1 aliphatic heterocycles. The fourth-order valence-electron chi connectivity index (χ4n) is 2.63. The smallest absolute Gasteiger partial charge is 0.407 e. The van der Waals surface area contributed by atoms with Crippen LogP contribution in [0.3, 0.4) is 0 Å². The number of ether oxygens (including phenoxy) is 2. The van der Waals surface area contributed by atoms with E-state index in [0.717, 1.165) is 18.6 Å². The van der Waals surface area contributed by atoms with Crippen molar-refractivity contribution in [2.24, 2.45) is 0 Å². The van der Waals surface area contributed by atoms with Crippen LogP contribution in [0.1, 0.15) is 33.6 Å². The summed E-state index contributed by atoms with van der Waals surface area (Å²) in [5, 5.41) is 5.70. The van der Waals surface area contributed by atoms with Gasteiger partial charge in [0.2, 0.25) is 0 Å². The van der Waals surface area contributed by atoms with Gasteiger partial charge in [0.25, 0.3) is 0 Å². The van der Waals surface area contributed by atoms with E-state index < -0.39 is 11.7 Å². The topological polar surface area (TPSA) is 79.9 Å². The number of carbonyl (C=O) groups excluding carboxylic acids is 2. The molecule has 0 saturated carbocycles. The molecule has 1 heterocycles. The van der Waals surface area contributed by atoms with Crippen LogP contribution in [-0.2, 0) is 4.74 Å². The number of piperidine rings is 1. The van der Waals surface area contributed by atoms with E-state index in [4.69, 9.17) is 9.47 Å². The third-order valence-electron chi connectivity index (χ3n) is 3.77. The minimum Gasteiger partial charge on any atom is -0.497 e. The molecule has 1 aliphatic rings. The van der Waals surface area contributed by atoms with E-state index in [1.807, 2.05) is 20.8 Å². The maximum absolute atomic E-state index is 12.4. The Labute approximate surface area is 148 Å². The molecule has 0 aromatic heterocycles. The summed E-state index contributed by atoms with van der Waals surface area (Å²) in [6, 6.07) is 6.87. The number of alkyl carbamates (subject to hydrolysis) is 1. The van der Waals surface area contributed by atoms with Crippen LogP contribution in [0.2, 0.25) is 0 Å². The van der Waals surface area contributed by atoms with Gasteiger partial charge >= 0.3 is 12.1 Å². The van der Waals surface area contributed by atoms with Crippen LogP contribution in [0.15, 0.2) is 24.3 Å². The summed E-state index contributed by atoms with van der Waals surface area (Å²) in [5.41, 5.74) is 0.164. The number of anilines is 1. The molecule has 0 bridgehead atoms. The average Bonchev–Trinajstić information content (AvgIpc) is 2.54. The maximum Gasteiger partial charge on any atom is 0.407 e. The van der Waals surface area contributed by atoms with Gasteiger partial charge in [-0.05, 0) is 57.9 Å². The number of hydrogen-bond acceptors (Lipinski definition) is 4. The number of methoxy groups -OCH3 is 1. The molecule has 7 heteroatoms. The highest BCUT2D eigenvalue weighted by Crippen LogP contribution is 2.17. The van der Waals surface area contributed by atoms with Gasteiger partial charge in [0.1, 0.15) is 11.4 Å². The second-order valence-corrected chi connectivity index (χ2v) is 7.09. The molecule has 1 saturated heterocycles. The average molecular weight is 349 g/mol. The second kappa shape index (κ2) is 8.09. The minimum absolute atomic E-state index is 0.106. The molecule has 1 atom stereocenters. The van der Waals surface area contributed by atoms with Crippen molar-refractivity contribution in [2.75, 3.05) is 25.5 Å². The van der Waals surface area contributed by atoms with E-state index >= 15 is 0 Å². The Morgan fingerprint density at radius 1 is 1.20 bits per heavy atom. The van der Waals surface area contributed by atoms with Crippen LogP contribution in [0, 0.1) is 0 Å². The summed E-state index contributed by atoms with van der Waals surface area (Å²) in [4.78, 5) is 26.0. The van der Waals surface area contributed by atoms with Gasteiger partial charge in [-0.1, -0.05) is 0 Å². The van der Waals surface area contributed by atoms with Gasteiger partial charge in [-0.25, -0.2) is 9.59 Å². The zero-order valence-corrected chi connectivity index (χ0v) is 15.3. The Hall–Kier alpha value is -2.44. The first-order valence-corrected chi connectivity index (χ1v) is 8.46. The molecular weight excluding hydrogens is 322 g/mol. The Morgan fingerprint density at radius 3 is 2.48 bits per heavy atom. The van der Waals surface area contributed by atoms with Crippen molar-refractivity contribution in [2.45, 2.75) is 45.3 Å². The third-order valence-corrected chi connectivity index (χ3v) is 3.77. The number of nitrogens with one attached hydrogen (secondary N) is 2. The summed E-state index contributed by atoms with van der Waals surface area (Å²) >= 11 is 0. The van der Waals surface area contributed by atoms with Crippen molar-refractivity contribution in [3.8, 4) is 5.75 Å². The van der Waals surface area contributed by atoms with Crippen molar-refractivity contribution in [3.05, 3.63) is 24.3 Å². The van der Waals surface area contributed by atoms with E-state index in [-0.39, 0.29) is 12.1 Å². The number of likely N-dealkylation sites (tertiary alicyclic amines) is 1. The van der Waals surface area contributed by atoms with Crippen LogP contribution in [-0.4, -0.2) is 48.9 Å². The molecule has 1 fully saturated rings. The van der Waals surface area contributed by atoms with Gasteiger partial charge in [-0.2, -0.15) is 0 Å². The number of nitrogens with zero attached hydrogens (tertiary/aromatic N) is 1. The molecule has 3 amide bonds. The lowest BCUT2D eigenvalue weighted by Gasteiger charge is -2.33. The number of benzene rings is 1. The Kier molecular flexibility index (Phi) is 6.12. The predicted octanol–water partition coefficient (Wildman–Crippen LogP) is 3.22. The third kappa shape index (κ3) is 6.17. The maximum atomic E-state index is 12.4. The number of hydrogen-bond donors (Lipinski definition) is 2. The zero-order valence-electron chi connectivity index (χ0n) is 15.3.